The van der Waals surface area contributed by atoms with E-state index in [0.29, 0.717) is 17.1 Å². The summed E-state index contributed by atoms with van der Waals surface area (Å²) in [6.45, 7) is 1.73. The van der Waals surface area contributed by atoms with Gasteiger partial charge in [0, 0.05) is 30.9 Å². The molecule has 2 heterocycles. The van der Waals surface area contributed by atoms with Crippen molar-refractivity contribution >= 4 is 28.9 Å². The minimum absolute atomic E-state index is 0.0151. The molecule has 1 atom stereocenters. The van der Waals surface area contributed by atoms with E-state index in [-0.39, 0.29) is 24.3 Å². The number of imidazole rings is 1. The Balaban J connectivity index is 1.56. The number of aromatic nitrogens is 2. The molecule has 4 rings (SSSR count). The summed E-state index contributed by atoms with van der Waals surface area (Å²) in [4.78, 5) is 51.5. The monoisotopic (exact) mass is 439 g/mol. The summed E-state index contributed by atoms with van der Waals surface area (Å²) >= 11 is 0. The normalized spacial score (nSPS) is 15.8. The zero-order chi connectivity index (χ0) is 23.0. The summed E-state index contributed by atoms with van der Waals surface area (Å²) in [6, 6.07) is 9.91. The van der Waals surface area contributed by atoms with Gasteiger partial charge in [-0.1, -0.05) is 12.1 Å². The fourth-order valence-electron chi connectivity index (χ4n) is 3.71. The van der Waals surface area contributed by atoms with Gasteiger partial charge in [-0.3, -0.25) is 24.3 Å². The van der Waals surface area contributed by atoms with E-state index in [4.69, 9.17) is 0 Å². The quantitative estimate of drug-likeness (QED) is 0.466. The van der Waals surface area contributed by atoms with Crippen LogP contribution < -0.4 is 15.9 Å². The van der Waals surface area contributed by atoms with Crippen molar-refractivity contribution in [1.29, 1.82) is 0 Å². The van der Waals surface area contributed by atoms with Crippen LogP contribution in [0.25, 0.3) is 5.69 Å². The Bertz CT molecular complexity index is 1300. The van der Waals surface area contributed by atoms with Gasteiger partial charge in [0.05, 0.1) is 27.9 Å². The van der Waals surface area contributed by atoms with Crippen molar-refractivity contribution < 1.29 is 18.9 Å². The first-order valence-corrected chi connectivity index (χ1v) is 9.68. The molecule has 1 fully saturated rings. The number of benzene rings is 2. The van der Waals surface area contributed by atoms with E-state index in [9.17, 15) is 28.9 Å². The lowest BCUT2D eigenvalue weighted by molar-refractivity contribution is -0.387. The van der Waals surface area contributed by atoms with Gasteiger partial charge in [0.2, 0.25) is 17.6 Å². The fraction of sp³-hybridized carbons (Fsp3) is 0.190. The van der Waals surface area contributed by atoms with Crippen molar-refractivity contribution in [1.82, 2.24) is 9.55 Å². The van der Waals surface area contributed by atoms with Crippen molar-refractivity contribution in [2.45, 2.75) is 13.3 Å². The zero-order valence-corrected chi connectivity index (χ0v) is 16.9. The third kappa shape index (κ3) is 3.75. The van der Waals surface area contributed by atoms with Crippen LogP contribution in [0.15, 0.2) is 53.5 Å². The molecular weight excluding hydrogens is 421 g/mol. The highest BCUT2D eigenvalue weighted by Crippen LogP contribution is 2.30. The molecule has 1 saturated heterocycles. The molecule has 164 valence electrons. The van der Waals surface area contributed by atoms with E-state index in [1.165, 1.54) is 15.5 Å². The van der Waals surface area contributed by atoms with Crippen molar-refractivity contribution in [3.8, 4) is 5.69 Å². The number of amides is 2. The highest BCUT2D eigenvalue weighted by molar-refractivity contribution is 6.04. The number of halogens is 1. The second-order valence-corrected chi connectivity index (χ2v) is 7.38. The van der Waals surface area contributed by atoms with Crippen molar-refractivity contribution in [3.63, 3.8) is 0 Å². The van der Waals surface area contributed by atoms with Crippen LogP contribution in [-0.2, 0) is 9.59 Å². The van der Waals surface area contributed by atoms with Gasteiger partial charge in [0.15, 0.2) is 0 Å². The number of rotatable bonds is 5. The molecule has 1 aliphatic rings. The maximum absolute atomic E-state index is 13.6. The number of nitro groups is 1. The fourth-order valence-corrected chi connectivity index (χ4v) is 3.71. The predicted molar refractivity (Wildman–Crippen MR) is 113 cm³/mol. The summed E-state index contributed by atoms with van der Waals surface area (Å²) in [5.74, 6) is -2.58. The minimum Gasteiger partial charge on any atom is -0.324 e. The molecule has 1 aliphatic heterocycles. The third-order valence-electron chi connectivity index (χ3n) is 5.30. The number of nitro benzene ring substituents is 1. The number of para-hydroxylation sites is 2. The second kappa shape index (κ2) is 8.10. The standard InChI is InChI=1S/C21H18FN5O5/c1-12-10-23-21(30)26(12)17-5-3-2-4-16(17)24-20(29)13-8-19(28)25(11-13)14-6-7-15(22)18(9-14)27(31)32/h2-7,9-10,13H,8,11H2,1H3,(H,23,30)(H,24,29). The number of carbonyl (C=O) groups is 2. The molecule has 11 heteroatoms. The number of carbonyl (C=O) groups excluding carboxylic acids is 2. The van der Waals surface area contributed by atoms with Crippen LogP contribution >= 0.6 is 0 Å². The topological polar surface area (TPSA) is 130 Å². The molecule has 1 aromatic heterocycles. The smallest absolute Gasteiger partial charge is 0.324 e. The molecule has 3 aromatic rings. The average molecular weight is 439 g/mol. The van der Waals surface area contributed by atoms with Crippen LogP contribution in [0.2, 0.25) is 0 Å². The first kappa shape index (κ1) is 21.0. The molecule has 0 spiro atoms. The van der Waals surface area contributed by atoms with Crippen molar-refractivity contribution in [2.24, 2.45) is 5.92 Å². The maximum Gasteiger partial charge on any atom is 0.330 e. The Morgan fingerprint density at radius 2 is 2.00 bits per heavy atom. The maximum atomic E-state index is 13.6. The van der Waals surface area contributed by atoms with Crippen LogP contribution in [0.3, 0.4) is 0 Å². The van der Waals surface area contributed by atoms with Crippen LogP contribution in [0.5, 0.6) is 0 Å². The molecule has 1 unspecified atom stereocenters. The number of nitrogens with zero attached hydrogens (tertiary/aromatic N) is 3. The number of aromatic amines is 1. The Morgan fingerprint density at radius 3 is 2.69 bits per heavy atom. The largest absolute Gasteiger partial charge is 0.330 e. The lowest BCUT2D eigenvalue weighted by Gasteiger charge is -2.17. The van der Waals surface area contributed by atoms with Crippen LogP contribution in [0.4, 0.5) is 21.5 Å². The van der Waals surface area contributed by atoms with E-state index < -0.39 is 34.2 Å². The number of aryl methyl sites for hydroxylation is 1. The molecule has 32 heavy (non-hydrogen) atoms. The highest BCUT2D eigenvalue weighted by Gasteiger charge is 2.36. The van der Waals surface area contributed by atoms with E-state index in [1.54, 1.807) is 37.4 Å². The van der Waals surface area contributed by atoms with Crippen LogP contribution in [0.1, 0.15) is 12.1 Å². The summed E-state index contributed by atoms with van der Waals surface area (Å²) in [7, 11) is 0. The molecule has 0 bridgehead atoms. The van der Waals surface area contributed by atoms with Gasteiger partial charge in [0.25, 0.3) is 0 Å². The Hall–Kier alpha value is -4.28. The summed E-state index contributed by atoms with van der Waals surface area (Å²) in [6.07, 6.45) is 1.44. The van der Waals surface area contributed by atoms with Crippen molar-refractivity contribution in [3.05, 3.63) is 80.8 Å². The van der Waals surface area contributed by atoms with Crippen LogP contribution in [-0.4, -0.2) is 32.8 Å². The first-order chi connectivity index (χ1) is 15.3. The van der Waals surface area contributed by atoms with Gasteiger partial charge in [-0.25, -0.2) is 4.79 Å². The molecule has 0 aliphatic carbocycles. The number of anilines is 2. The molecule has 2 aromatic carbocycles. The molecule has 0 radical (unpaired) electrons. The molecule has 10 nitrogen and oxygen atoms in total. The van der Waals surface area contributed by atoms with Gasteiger partial charge < -0.3 is 15.2 Å². The highest BCUT2D eigenvalue weighted by atomic mass is 19.1. The zero-order valence-electron chi connectivity index (χ0n) is 16.9. The molecule has 2 amide bonds. The number of nitrogens with one attached hydrogen (secondary N) is 2. The SMILES string of the molecule is Cc1c[nH]c(=O)n1-c1ccccc1NC(=O)C1CC(=O)N(c2ccc(F)c([N+](=O)[O-])c2)C1. The summed E-state index contributed by atoms with van der Waals surface area (Å²) in [5.41, 5.74) is 0.560. The van der Waals surface area contributed by atoms with Crippen molar-refractivity contribution in [2.75, 3.05) is 16.8 Å². The average Bonchev–Trinajstić information content (AvgIpc) is 3.31. The molecule has 2 N–H and O–H groups in total. The number of H-pyrrole nitrogens is 1. The van der Waals surface area contributed by atoms with E-state index in [2.05, 4.69) is 10.3 Å². The minimum atomic E-state index is -1.01. The van der Waals surface area contributed by atoms with Gasteiger partial charge in [0.1, 0.15) is 0 Å². The van der Waals surface area contributed by atoms with E-state index in [0.717, 1.165) is 12.1 Å². The lowest BCUT2D eigenvalue weighted by Crippen LogP contribution is -2.28. The lowest BCUT2D eigenvalue weighted by atomic mass is 10.1. The van der Waals surface area contributed by atoms with Gasteiger partial charge in [-0.05, 0) is 31.2 Å². The Morgan fingerprint density at radius 1 is 1.25 bits per heavy atom. The van der Waals surface area contributed by atoms with Crippen LogP contribution in [0, 0.1) is 28.8 Å². The number of hydrogen-bond donors (Lipinski definition) is 2. The van der Waals surface area contributed by atoms with Gasteiger partial charge in [-0.2, -0.15) is 4.39 Å². The second-order valence-electron chi connectivity index (χ2n) is 7.38. The Kier molecular flexibility index (Phi) is 5.31. The van der Waals surface area contributed by atoms with Gasteiger partial charge >= 0.3 is 11.4 Å². The number of hydrogen-bond acceptors (Lipinski definition) is 5. The van der Waals surface area contributed by atoms with E-state index >= 15 is 0 Å². The first-order valence-electron chi connectivity index (χ1n) is 9.68. The van der Waals surface area contributed by atoms with Gasteiger partial charge in [-0.15, -0.1) is 0 Å². The summed E-state index contributed by atoms with van der Waals surface area (Å²) < 4.78 is 15.0. The predicted octanol–water partition coefficient (Wildman–Crippen LogP) is 2.51. The Labute approximate surface area is 180 Å². The third-order valence-corrected chi connectivity index (χ3v) is 5.30. The molecule has 0 saturated carbocycles. The van der Waals surface area contributed by atoms with E-state index in [1.807, 2.05) is 0 Å². The summed E-state index contributed by atoms with van der Waals surface area (Å²) in [5, 5.41) is 13.8. The molecular formula is C21H18FN5O5.